The molecule has 0 spiro atoms. The summed E-state index contributed by atoms with van der Waals surface area (Å²) < 4.78 is 39.2. The van der Waals surface area contributed by atoms with Gasteiger partial charge in [0.1, 0.15) is 0 Å². The maximum absolute atomic E-state index is 13.1. The van der Waals surface area contributed by atoms with E-state index >= 15 is 0 Å². The van der Waals surface area contributed by atoms with Gasteiger partial charge in [-0.25, -0.2) is 5.48 Å². The monoisotopic (exact) mass is 415 g/mol. The Kier molecular flexibility index (Phi) is 6.81. The van der Waals surface area contributed by atoms with Crippen LogP contribution in [0.25, 0.3) is 0 Å². The first-order valence-corrected chi connectivity index (χ1v) is 9.16. The number of benzene rings is 2. The van der Waals surface area contributed by atoms with Crippen LogP contribution in [0.3, 0.4) is 0 Å². The van der Waals surface area contributed by atoms with Crippen LogP contribution in [-0.4, -0.2) is 21.0 Å². The van der Waals surface area contributed by atoms with Gasteiger partial charge in [-0.05, 0) is 41.0 Å². The van der Waals surface area contributed by atoms with Gasteiger partial charge in [0, 0.05) is 37.6 Å². The molecule has 8 heteroatoms. The molecule has 0 atom stereocenters. The zero-order valence-corrected chi connectivity index (χ0v) is 15.9. The number of alkyl halides is 3. The van der Waals surface area contributed by atoms with Crippen LogP contribution in [-0.2, 0) is 25.8 Å². The summed E-state index contributed by atoms with van der Waals surface area (Å²) in [7, 11) is 0. The Labute approximate surface area is 171 Å². The maximum Gasteiger partial charge on any atom is 0.416 e. The van der Waals surface area contributed by atoms with Gasteiger partial charge in [-0.2, -0.15) is 13.2 Å². The molecule has 0 aliphatic rings. The number of nitrogens with one attached hydrogen (secondary N) is 1. The van der Waals surface area contributed by atoms with E-state index in [1.807, 2.05) is 11.0 Å². The topological polar surface area (TPSA) is 65.5 Å². The highest BCUT2D eigenvalue weighted by Gasteiger charge is 2.30. The van der Waals surface area contributed by atoms with Crippen molar-refractivity contribution >= 4 is 5.91 Å². The Morgan fingerprint density at radius 2 is 1.60 bits per heavy atom. The lowest BCUT2D eigenvalue weighted by Gasteiger charge is -2.23. The minimum absolute atomic E-state index is 0.303. The third-order valence-corrected chi connectivity index (χ3v) is 4.51. The van der Waals surface area contributed by atoms with E-state index in [0.717, 1.165) is 23.3 Å². The van der Waals surface area contributed by atoms with Crippen molar-refractivity contribution in [1.29, 1.82) is 0 Å². The van der Waals surface area contributed by atoms with E-state index in [0.29, 0.717) is 30.8 Å². The van der Waals surface area contributed by atoms with Crippen molar-refractivity contribution in [3.63, 3.8) is 0 Å². The minimum Gasteiger partial charge on any atom is -0.291 e. The molecule has 0 saturated heterocycles. The van der Waals surface area contributed by atoms with Crippen LogP contribution in [0.2, 0.25) is 0 Å². The van der Waals surface area contributed by atoms with Crippen LogP contribution in [0.4, 0.5) is 13.2 Å². The molecular formula is C22H20F3N3O2. The highest BCUT2D eigenvalue weighted by molar-refractivity contribution is 5.93. The van der Waals surface area contributed by atoms with E-state index in [-0.39, 0.29) is 0 Å². The second-order valence-corrected chi connectivity index (χ2v) is 6.84. The fraction of sp³-hybridized carbons (Fsp3) is 0.182. The van der Waals surface area contributed by atoms with E-state index < -0.39 is 17.6 Å². The number of carbonyl (C=O) groups is 1. The minimum atomic E-state index is -4.40. The van der Waals surface area contributed by atoms with Crippen LogP contribution in [0.5, 0.6) is 0 Å². The molecule has 2 N–H and O–H groups in total. The number of nitrogens with zero attached hydrogens (tertiary/aromatic N) is 2. The molecule has 0 bridgehead atoms. The molecule has 5 nitrogen and oxygen atoms in total. The Balaban J connectivity index is 1.81. The summed E-state index contributed by atoms with van der Waals surface area (Å²) in [6, 6.07) is 15.6. The SMILES string of the molecule is O=C(NO)c1ccc(CN(Cc2cccnc2)Cc2cccc(C(F)(F)F)c2)cc1. The number of hydroxylamine groups is 1. The van der Waals surface area contributed by atoms with Gasteiger partial charge >= 0.3 is 6.18 Å². The molecule has 1 heterocycles. The van der Waals surface area contributed by atoms with Crippen LogP contribution >= 0.6 is 0 Å². The number of aromatic nitrogens is 1. The molecule has 0 saturated carbocycles. The van der Waals surface area contributed by atoms with Crippen LogP contribution in [0.1, 0.15) is 32.6 Å². The molecule has 2 aromatic carbocycles. The van der Waals surface area contributed by atoms with Crippen molar-refractivity contribution in [2.24, 2.45) is 0 Å². The smallest absolute Gasteiger partial charge is 0.291 e. The van der Waals surface area contributed by atoms with E-state index in [1.165, 1.54) is 6.07 Å². The largest absolute Gasteiger partial charge is 0.416 e. The predicted molar refractivity (Wildman–Crippen MR) is 104 cm³/mol. The van der Waals surface area contributed by atoms with Crippen LogP contribution < -0.4 is 5.48 Å². The Morgan fingerprint density at radius 1 is 0.933 bits per heavy atom. The van der Waals surface area contributed by atoms with E-state index in [9.17, 15) is 18.0 Å². The molecule has 0 aliphatic carbocycles. The molecule has 0 fully saturated rings. The summed E-state index contributed by atoms with van der Waals surface area (Å²) >= 11 is 0. The molecule has 1 aromatic heterocycles. The summed E-state index contributed by atoms with van der Waals surface area (Å²) in [4.78, 5) is 17.6. The lowest BCUT2D eigenvalue weighted by atomic mass is 10.1. The highest BCUT2D eigenvalue weighted by Crippen LogP contribution is 2.30. The van der Waals surface area contributed by atoms with E-state index in [2.05, 4.69) is 4.98 Å². The van der Waals surface area contributed by atoms with Crippen molar-refractivity contribution in [2.75, 3.05) is 0 Å². The van der Waals surface area contributed by atoms with Crippen molar-refractivity contribution < 1.29 is 23.2 Å². The molecule has 30 heavy (non-hydrogen) atoms. The Bertz CT molecular complexity index is 977. The predicted octanol–water partition coefficient (Wildman–Crippen LogP) is 4.42. The number of hydrogen-bond donors (Lipinski definition) is 2. The molecule has 0 aliphatic heterocycles. The summed E-state index contributed by atoms with van der Waals surface area (Å²) in [5.74, 6) is -0.613. The van der Waals surface area contributed by atoms with Crippen molar-refractivity contribution in [3.8, 4) is 0 Å². The first kappa shape index (κ1) is 21.5. The van der Waals surface area contributed by atoms with Gasteiger partial charge in [-0.3, -0.25) is 19.9 Å². The van der Waals surface area contributed by atoms with Crippen molar-refractivity contribution in [2.45, 2.75) is 25.8 Å². The van der Waals surface area contributed by atoms with Gasteiger partial charge in [-0.15, -0.1) is 0 Å². The maximum atomic E-state index is 13.1. The van der Waals surface area contributed by atoms with Gasteiger partial charge in [0.25, 0.3) is 5.91 Å². The van der Waals surface area contributed by atoms with Gasteiger partial charge < -0.3 is 0 Å². The zero-order valence-electron chi connectivity index (χ0n) is 15.9. The number of amides is 1. The average Bonchev–Trinajstić information content (AvgIpc) is 2.74. The second kappa shape index (κ2) is 9.51. The first-order chi connectivity index (χ1) is 14.3. The van der Waals surface area contributed by atoms with Gasteiger partial charge in [0.05, 0.1) is 5.56 Å². The van der Waals surface area contributed by atoms with Gasteiger partial charge in [0.15, 0.2) is 0 Å². The van der Waals surface area contributed by atoms with E-state index in [4.69, 9.17) is 5.21 Å². The molecule has 0 radical (unpaired) electrons. The van der Waals surface area contributed by atoms with Crippen LogP contribution in [0.15, 0.2) is 73.1 Å². The molecule has 0 unspecified atom stereocenters. The molecular weight excluding hydrogens is 395 g/mol. The quantitative estimate of drug-likeness (QED) is 0.443. The summed E-state index contributed by atoms with van der Waals surface area (Å²) in [5, 5.41) is 8.72. The number of carbonyl (C=O) groups excluding carboxylic acids is 1. The first-order valence-electron chi connectivity index (χ1n) is 9.16. The lowest BCUT2D eigenvalue weighted by molar-refractivity contribution is -0.137. The Morgan fingerprint density at radius 3 is 2.23 bits per heavy atom. The summed E-state index contributed by atoms with van der Waals surface area (Å²) in [5.41, 5.74) is 3.55. The van der Waals surface area contributed by atoms with Gasteiger partial charge in [-0.1, -0.05) is 36.4 Å². The number of hydrogen-bond acceptors (Lipinski definition) is 4. The average molecular weight is 415 g/mol. The number of halogens is 3. The third kappa shape index (κ3) is 5.88. The fourth-order valence-corrected chi connectivity index (χ4v) is 3.11. The Hall–Kier alpha value is -3.23. The highest BCUT2D eigenvalue weighted by atomic mass is 19.4. The second-order valence-electron chi connectivity index (χ2n) is 6.84. The van der Waals surface area contributed by atoms with Gasteiger partial charge in [0.2, 0.25) is 0 Å². The zero-order chi connectivity index (χ0) is 21.6. The van der Waals surface area contributed by atoms with Crippen molar-refractivity contribution in [1.82, 2.24) is 15.4 Å². The number of rotatable bonds is 7. The lowest BCUT2D eigenvalue weighted by Crippen LogP contribution is -2.23. The molecule has 3 rings (SSSR count). The molecule has 1 amide bonds. The summed E-state index contributed by atoms with van der Waals surface area (Å²) in [6.07, 6.45) is -1.02. The third-order valence-electron chi connectivity index (χ3n) is 4.51. The fourth-order valence-electron chi connectivity index (χ4n) is 3.11. The van der Waals surface area contributed by atoms with E-state index in [1.54, 1.807) is 54.3 Å². The van der Waals surface area contributed by atoms with Crippen LogP contribution in [0, 0.1) is 0 Å². The molecule has 3 aromatic rings. The molecule has 156 valence electrons. The number of pyridine rings is 1. The standard InChI is InChI=1S/C22H20F3N3O2/c23-22(24,25)20-5-1-3-17(11-20)14-28(15-18-4-2-10-26-12-18)13-16-6-8-19(9-7-16)21(29)27-30/h1-12,30H,13-15H2,(H,27,29). The van der Waals surface area contributed by atoms with Crippen molar-refractivity contribution in [3.05, 3.63) is 101 Å². The normalized spacial score (nSPS) is 11.5. The summed E-state index contributed by atoms with van der Waals surface area (Å²) in [6.45, 7) is 1.24.